The number of carbonyl (C=O) groups excluding carboxylic acids is 1. The smallest absolute Gasteiger partial charge is 0.227 e. The molecule has 0 radical (unpaired) electrons. The maximum Gasteiger partial charge on any atom is 0.227 e. The molecule has 0 spiro atoms. The van der Waals surface area contributed by atoms with Crippen molar-refractivity contribution in [1.29, 1.82) is 0 Å². The second-order valence-electron chi connectivity index (χ2n) is 5.02. The molecule has 2 heterocycles. The van der Waals surface area contributed by atoms with Gasteiger partial charge in [0.15, 0.2) is 15.7 Å². The van der Waals surface area contributed by atoms with Crippen molar-refractivity contribution in [3.63, 3.8) is 0 Å². The van der Waals surface area contributed by atoms with E-state index in [2.05, 4.69) is 15.5 Å². The Labute approximate surface area is 118 Å². The lowest BCUT2D eigenvalue weighted by Gasteiger charge is -2.09. The van der Waals surface area contributed by atoms with Crippen LogP contribution < -0.4 is 5.32 Å². The number of carbonyl (C=O) groups is 1. The SMILES string of the molecule is CCCc1noc(CCC(=O)NC2CCS(=O)(=O)C2)n1. The monoisotopic (exact) mass is 301 g/mol. The molecule has 8 heteroatoms. The molecule has 1 aromatic rings. The van der Waals surface area contributed by atoms with Crippen LogP contribution in [-0.4, -0.2) is 42.0 Å². The summed E-state index contributed by atoms with van der Waals surface area (Å²) in [4.78, 5) is 15.9. The Kier molecular flexibility index (Phi) is 4.74. The predicted molar refractivity (Wildman–Crippen MR) is 71.8 cm³/mol. The van der Waals surface area contributed by atoms with Crippen molar-refractivity contribution < 1.29 is 17.7 Å². The van der Waals surface area contributed by atoms with Gasteiger partial charge >= 0.3 is 0 Å². The van der Waals surface area contributed by atoms with E-state index < -0.39 is 9.84 Å². The van der Waals surface area contributed by atoms with Crippen molar-refractivity contribution in [2.75, 3.05) is 11.5 Å². The number of nitrogens with zero attached hydrogens (tertiary/aromatic N) is 2. The quantitative estimate of drug-likeness (QED) is 0.808. The van der Waals surface area contributed by atoms with Gasteiger partial charge in [-0.2, -0.15) is 4.98 Å². The number of amides is 1. The third-order valence-corrected chi connectivity index (χ3v) is 4.92. The fraction of sp³-hybridized carbons (Fsp3) is 0.750. The standard InChI is InChI=1S/C12H19N3O4S/c1-2-3-10-14-12(19-15-10)5-4-11(16)13-9-6-7-20(17,18)8-9/h9H,2-8H2,1H3,(H,13,16). The Morgan fingerprint density at radius 1 is 1.45 bits per heavy atom. The molecular formula is C12H19N3O4S. The molecule has 20 heavy (non-hydrogen) atoms. The molecule has 2 rings (SSSR count). The first-order valence-electron chi connectivity index (χ1n) is 6.80. The van der Waals surface area contributed by atoms with Gasteiger partial charge in [0.2, 0.25) is 11.8 Å². The molecule has 1 aliphatic rings. The van der Waals surface area contributed by atoms with Crippen molar-refractivity contribution in [3.8, 4) is 0 Å². The number of sulfone groups is 1. The summed E-state index contributed by atoms with van der Waals surface area (Å²) in [5.41, 5.74) is 0. The van der Waals surface area contributed by atoms with Crippen LogP contribution in [0.4, 0.5) is 0 Å². The topological polar surface area (TPSA) is 102 Å². The molecule has 0 aromatic carbocycles. The van der Waals surface area contributed by atoms with Crippen LogP contribution in [0.5, 0.6) is 0 Å². The van der Waals surface area contributed by atoms with E-state index in [1.165, 1.54) is 0 Å². The van der Waals surface area contributed by atoms with Gasteiger partial charge in [0, 0.05) is 25.3 Å². The molecule has 0 bridgehead atoms. The molecule has 1 N–H and O–H groups in total. The second kappa shape index (κ2) is 6.34. The fourth-order valence-corrected chi connectivity index (χ4v) is 3.82. The lowest BCUT2D eigenvalue weighted by atomic mass is 10.2. The zero-order valence-corrected chi connectivity index (χ0v) is 12.3. The minimum absolute atomic E-state index is 0.0416. The van der Waals surface area contributed by atoms with Crippen molar-refractivity contribution in [2.45, 2.75) is 45.1 Å². The van der Waals surface area contributed by atoms with E-state index in [0.717, 1.165) is 12.8 Å². The molecule has 7 nitrogen and oxygen atoms in total. The molecule has 0 aliphatic carbocycles. The van der Waals surface area contributed by atoms with E-state index in [1.807, 2.05) is 6.92 Å². The summed E-state index contributed by atoms with van der Waals surface area (Å²) < 4.78 is 27.6. The van der Waals surface area contributed by atoms with E-state index in [0.29, 0.717) is 24.6 Å². The number of nitrogens with one attached hydrogen (secondary N) is 1. The molecule has 1 aromatic heterocycles. The lowest BCUT2D eigenvalue weighted by Crippen LogP contribution is -2.35. The van der Waals surface area contributed by atoms with E-state index in [-0.39, 0.29) is 29.9 Å². The third kappa shape index (κ3) is 4.29. The van der Waals surface area contributed by atoms with Crippen molar-refractivity contribution in [1.82, 2.24) is 15.5 Å². The molecule has 1 saturated heterocycles. The number of hydrogen-bond donors (Lipinski definition) is 1. The van der Waals surface area contributed by atoms with Crippen molar-refractivity contribution >= 4 is 15.7 Å². The van der Waals surface area contributed by atoms with Crippen LogP contribution in [0.25, 0.3) is 0 Å². The Balaban J connectivity index is 1.74. The lowest BCUT2D eigenvalue weighted by molar-refractivity contribution is -0.121. The summed E-state index contributed by atoms with van der Waals surface area (Å²) in [7, 11) is -2.97. The molecule has 0 saturated carbocycles. The fourth-order valence-electron chi connectivity index (χ4n) is 2.15. The normalized spacial score (nSPS) is 20.9. The Morgan fingerprint density at radius 2 is 2.25 bits per heavy atom. The number of aromatic nitrogens is 2. The van der Waals surface area contributed by atoms with Gasteiger partial charge in [-0.1, -0.05) is 12.1 Å². The van der Waals surface area contributed by atoms with Crippen LogP contribution in [0, 0.1) is 0 Å². The number of aryl methyl sites for hydroxylation is 2. The van der Waals surface area contributed by atoms with E-state index in [1.54, 1.807) is 0 Å². The number of rotatable bonds is 6. The first-order valence-corrected chi connectivity index (χ1v) is 8.62. The highest BCUT2D eigenvalue weighted by Gasteiger charge is 2.28. The summed E-state index contributed by atoms with van der Waals surface area (Å²) in [6, 6.07) is -0.258. The van der Waals surface area contributed by atoms with Gasteiger partial charge in [0.05, 0.1) is 11.5 Å². The highest BCUT2D eigenvalue weighted by molar-refractivity contribution is 7.91. The van der Waals surface area contributed by atoms with Gasteiger partial charge < -0.3 is 9.84 Å². The van der Waals surface area contributed by atoms with Crippen LogP contribution >= 0.6 is 0 Å². The van der Waals surface area contributed by atoms with Crippen LogP contribution in [0.1, 0.15) is 37.9 Å². The van der Waals surface area contributed by atoms with Gasteiger partial charge in [-0.25, -0.2) is 8.42 Å². The van der Waals surface area contributed by atoms with Gasteiger partial charge in [0.1, 0.15) is 0 Å². The second-order valence-corrected chi connectivity index (χ2v) is 7.25. The highest BCUT2D eigenvalue weighted by Crippen LogP contribution is 2.11. The van der Waals surface area contributed by atoms with Crippen molar-refractivity contribution in [2.24, 2.45) is 0 Å². The summed E-state index contributed by atoms with van der Waals surface area (Å²) in [5.74, 6) is 1.12. The molecule has 1 unspecified atom stereocenters. The Morgan fingerprint density at radius 3 is 2.90 bits per heavy atom. The average molecular weight is 301 g/mol. The largest absolute Gasteiger partial charge is 0.352 e. The zero-order valence-electron chi connectivity index (χ0n) is 11.5. The van der Waals surface area contributed by atoms with Gasteiger partial charge in [-0.05, 0) is 12.8 Å². The van der Waals surface area contributed by atoms with Crippen LogP contribution in [0.15, 0.2) is 4.52 Å². The van der Waals surface area contributed by atoms with Gasteiger partial charge in [0.25, 0.3) is 0 Å². The first kappa shape index (κ1) is 15.0. The van der Waals surface area contributed by atoms with Gasteiger partial charge in [-0.3, -0.25) is 4.79 Å². The third-order valence-electron chi connectivity index (χ3n) is 3.15. The molecule has 1 aliphatic heterocycles. The Hall–Kier alpha value is -1.44. The average Bonchev–Trinajstić information content (AvgIpc) is 2.94. The molecule has 1 fully saturated rings. The molecule has 112 valence electrons. The number of hydrogen-bond acceptors (Lipinski definition) is 6. The zero-order chi connectivity index (χ0) is 14.6. The molecule has 1 amide bonds. The van der Waals surface area contributed by atoms with Crippen molar-refractivity contribution in [3.05, 3.63) is 11.7 Å². The van der Waals surface area contributed by atoms with E-state index in [9.17, 15) is 13.2 Å². The summed E-state index contributed by atoms with van der Waals surface area (Å²) in [6.45, 7) is 2.03. The van der Waals surface area contributed by atoms with Crippen LogP contribution in [-0.2, 0) is 27.5 Å². The minimum Gasteiger partial charge on any atom is -0.352 e. The summed E-state index contributed by atoms with van der Waals surface area (Å²) in [5, 5.41) is 6.54. The van der Waals surface area contributed by atoms with Gasteiger partial charge in [-0.15, -0.1) is 0 Å². The predicted octanol–water partition coefficient (Wildman–Crippen LogP) is 0.258. The first-order chi connectivity index (χ1) is 9.48. The summed E-state index contributed by atoms with van der Waals surface area (Å²) >= 11 is 0. The highest BCUT2D eigenvalue weighted by atomic mass is 32.2. The van der Waals surface area contributed by atoms with E-state index in [4.69, 9.17) is 4.52 Å². The minimum atomic E-state index is -2.97. The summed E-state index contributed by atoms with van der Waals surface area (Å²) in [6.07, 6.45) is 2.80. The van der Waals surface area contributed by atoms with E-state index >= 15 is 0 Å². The maximum absolute atomic E-state index is 11.7. The van der Waals surface area contributed by atoms with Crippen LogP contribution in [0.2, 0.25) is 0 Å². The Bertz CT molecular complexity index is 567. The molecule has 1 atom stereocenters. The maximum atomic E-state index is 11.7. The molecular weight excluding hydrogens is 282 g/mol. The van der Waals surface area contributed by atoms with Crippen LogP contribution in [0.3, 0.4) is 0 Å².